The maximum atomic E-state index is 12.4. The van der Waals surface area contributed by atoms with Gasteiger partial charge in [0.05, 0.1) is 6.04 Å². The summed E-state index contributed by atoms with van der Waals surface area (Å²) >= 11 is 0. The van der Waals surface area contributed by atoms with Gasteiger partial charge in [-0.15, -0.1) is 0 Å². The zero-order valence-electron chi connectivity index (χ0n) is 16.6. The molecular formula is C20H32N2O3. The highest BCUT2D eigenvalue weighted by atomic mass is 16.5. The van der Waals surface area contributed by atoms with Gasteiger partial charge >= 0.3 is 0 Å². The Morgan fingerprint density at radius 2 is 1.80 bits per heavy atom. The number of phenols is 1. The average molecular weight is 348 g/mol. The van der Waals surface area contributed by atoms with Crippen LogP contribution in [0.5, 0.6) is 11.5 Å². The molecule has 5 nitrogen and oxygen atoms in total. The van der Waals surface area contributed by atoms with Gasteiger partial charge in [0.15, 0.2) is 0 Å². The fraction of sp³-hybridized carbons (Fsp3) is 0.650. The van der Waals surface area contributed by atoms with E-state index in [1.54, 1.807) is 0 Å². The quantitative estimate of drug-likeness (QED) is 0.857. The summed E-state index contributed by atoms with van der Waals surface area (Å²) in [5.74, 6) is 0.649. The number of benzene rings is 1. The highest BCUT2D eigenvalue weighted by molar-refractivity contribution is 5.82. The van der Waals surface area contributed by atoms with E-state index in [-0.39, 0.29) is 17.6 Å². The molecule has 1 aromatic rings. The first-order valence-corrected chi connectivity index (χ1v) is 9.10. The van der Waals surface area contributed by atoms with E-state index in [0.29, 0.717) is 6.42 Å². The summed E-state index contributed by atoms with van der Waals surface area (Å²) in [4.78, 5) is 14.5. The van der Waals surface area contributed by atoms with Gasteiger partial charge in [0.2, 0.25) is 5.91 Å². The molecule has 0 aliphatic carbocycles. The summed E-state index contributed by atoms with van der Waals surface area (Å²) in [5.41, 5.74) is 8.90. The number of rotatable bonds is 5. The monoisotopic (exact) mass is 348 g/mol. The second-order valence-electron chi connectivity index (χ2n) is 7.71. The molecular weight excluding hydrogens is 316 g/mol. The van der Waals surface area contributed by atoms with Crippen molar-refractivity contribution >= 4 is 5.91 Å². The fourth-order valence-electron chi connectivity index (χ4n) is 4.18. The van der Waals surface area contributed by atoms with Gasteiger partial charge in [-0.05, 0) is 70.8 Å². The predicted octanol–water partition coefficient (Wildman–Crippen LogP) is 3.16. The molecule has 2 atom stereocenters. The molecule has 2 rings (SSSR count). The minimum atomic E-state index is -0.419. The highest BCUT2D eigenvalue weighted by Gasteiger charge is 2.44. The van der Waals surface area contributed by atoms with E-state index in [4.69, 9.17) is 10.5 Å². The van der Waals surface area contributed by atoms with Crippen LogP contribution in [0.15, 0.2) is 0 Å². The molecule has 140 valence electrons. The molecule has 1 aliphatic rings. The van der Waals surface area contributed by atoms with Gasteiger partial charge in [-0.2, -0.15) is 0 Å². The van der Waals surface area contributed by atoms with Crippen molar-refractivity contribution in [2.45, 2.75) is 72.4 Å². The number of ether oxygens (including phenoxy) is 1. The van der Waals surface area contributed by atoms with Crippen LogP contribution in [-0.2, 0) is 4.79 Å². The van der Waals surface area contributed by atoms with Crippen LogP contribution in [-0.4, -0.2) is 40.6 Å². The minimum absolute atomic E-state index is 0.110. The number of nitrogens with two attached hydrogens (primary N) is 1. The van der Waals surface area contributed by atoms with E-state index >= 15 is 0 Å². The first-order valence-electron chi connectivity index (χ1n) is 9.10. The average Bonchev–Trinajstić information content (AvgIpc) is 2.53. The second-order valence-corrected chi connectivity index (χ2v) is 7.71. The topological polar surface area (TPSA) is 75.8 Å². The minimum Gasteiger partial charge on any atom is -0.507 e. The number of phenolic OH excluding ortho intramolecular Hbond substituents is 1. The summed E-state index contributed by atoms with van der Waals surface area (Å²) < 4.78 is 6.29. The summed E-state index contributed by atoms with van der Waals surface area (Å²) in [7, 11) is 0. The van der Waals surface area contributed by atoms with Crippen LogP contribution < -0.4 is 10.5 Å². The molecule has 3 N–H and O–H groups in total. The molecule has 0 fully saturated rings. The Kier molecular flexibility index (Phi) is 5.38. The van der Waals surface area contributed by atoms with Crippen molar-refractivity contribution in [2.24, 2.45) is 5.73 Å². The lowest BCUT2D eigenvalue weighted by Crippen LogP contribution is -2.51. The molecule has 0 saturated heterocycles. The molecule has 1 heterocycles. The van der Waals surface area contributed by atoms with Crippen LogP contribution in [0.4, 0.5) is 0 Å². The van der Waals surface area contributed by atoms with Crippen LogP contribution in [0.3, 0.4) is 0 Å². The number of amides is 1. The molecule has 0 saturated carbocycles. The summed E-state index contributed by atoms with van der Waals surface area (Å²) in [6.07, 6.45) is 0.673. The highest BCUT2D eigenvalue weighted by Crippen LogP contribution is 2.50. The Bertz CT molecular complexity index is 678. The van der Waals surface area contributed by atoms with Crippen molar-refractivity contribution < 1.29 is 14.6 Å². The van der Waals surface area contributed by atoms with Crippen LogP contribution >= 0.6 is 0 Å². The van der Waals surface area contributed by atoms with Gasteiger partial charge in [0, 0.05) is 11.5 Å². The second kappa shape index (κ2) is 6.87. The molecule has 1 amide bonds. The van der Waals surface area contributed by atoms with Crippen molar-refractivity contribution in [1.82, 2.24) is 4.90 Å². The van der Waals surface area contributed by atoms with Crippen molar-refractivity contribution in [2.75, 3.05) is 13.1 Å². The molecule has 0 bridgehead atoms. The van der Waals surface area contributed by atoms with Crippen LogP contribution in [0.25, 0.3) is 0 Å². The third-order valence-corrected chi connectivity index (χ3v) is 5.60. The van der Waals surface area contributed by atoms with E-state index in [9.17, 15) is 9.90 Å². The normalized spacial score (nSPS) is 20.1. The Morgan fingerprint density at radius 3 is 2.28 bits per heavy atom. The first kappa shape index (κ1) is 19.6. The number of fused-ring (bicyclic) bond motifs is 1. The summed E-state index contributed by atoms with van der Waals surface area (Å²) in [5, 5.41) is 10.6. The Morgan fingerprint density at radius 1 is 1.24 bits per heavy atom. The number of aromatic hydroxyl groups is 1. The van der Waals surface area contributed by atoms with E-state index in [2.05, 4.69) is 4.90 Å². The van der Waals surface area contributed by atoms with Gasteiger partial charge in [0.25, 0.3) is 0 Å². The molecule has 1 aromatic carbocycles. The van der Waals surface area contributed by atoms with Gasteiger partial charge in [-0.25, -0.2) is 0 Å². The van der Waals surface area contributed by atoms with E-state index in [1.165, 1.54) is 0 Å². The SMILES string of the molecule is CCN(CC)C(C(N)=O)C1CC(C)(C)Oc2c(C)c(C)c(O)c(C)c21. The Balaban J connectivity index is 2.74. The van der Waals surface area contributed by atoms with Crippen molar-refractivity contribution in [3.05, 3.63) is 22.3 Å². The molecule has 0 radical (unpaired) electrons. The van der Waals surface area contributed by atoms with Crippen molar-refractivity contribution in [3.8, 4) is 11.5 Å². The lowest BCUT2D eigenvalue weighted by atomic mass is 9.75. The standard InChI is InChI=1S/C20H32N2O3/c1-8-22(9-2)16(19(21)24)14-10-20(6,7)25-18-12(4)11(3)17(23)13(5)15(14)18/h14,16,23H,8-10H2,1-7H3,(H2,21,24). The maximum absolute atomic E-state index is 12.4. The van der Waals surface area contributed by atoms with Gasteiger partial charge < -0.3 is 15.6 Å². The third kappa shape index (κ3) is 3.34. The third-order valence-electron chi connectivity index (χ3n) is 5.60. The van der Waals surface area contributed by atoms with Crippen molar-refractivity contribution in [3.63, 3.8) is 0 Å². The Labute approximate surface area is 151 Å². The number of carbonyl (C=O) groups excluding carboxylic acids is 1. The summed E-state index contributed by atoms with van der Waals surface area (Å²) in [6, 6.07) is -0.419. The molecule has 2 unspecified atom stereocenters. The van der Waals surface area contributed by atoms with Gasteiger partial charge in [-0.3, -0.25) is 9.69 Å². The van der Waals surface area contributed by atoms with Crippen LogP contribution in [0, 0.1) is 20.8 Å². The first-order chi connectivity index (χ1) is 11.6. The number of hydrogen-bond donors (Lipinski definition) is 2. The number of hydrogen-bond acceptors (Lipinski definition) is 4. The smallest absolute Gasteiger partial charge is 0.235 e. The van der Waals surface area contributed by atoms with E-state index in [0.717, 1.165) is 41.1 Å². The molecule has 5 heteroatoms. The zero-order chi connectivity index (χ0) is 19.1. The largest absolute Gasteiger partial charge is 0.507 e. The zero-order valence-corrected chi connectivity index (χ0v) is 16.6. The maximum Gasteiger partial charge on any atom is 0.235 e. The lowest BCUT2D eigenvalue weighted by molar-refractivity contribution is -0.124. The van der Waals surface area contributed by atoms with Gasteiger partial charge in [-0.1, -0.05) is 13.8 Å². The summed E-state index contributed by atoms with van der Waals surface area (Å²) in [6.45, 7) is 15.4. The molecule has 1 aliphatic heterocycles. The molecule has 25 heavy (non-hydrogen) atoms. The number of primary amides is 1. The van der Waals surface area contributed by atoms with Crippen molar-refractivity contribution in [1.29, 1.82) is 0 Å². The van der Waals surface area contributed by atoms with Crippen LogP contribution in [0.2, 0.25) is 0 Å². The lowest BCUT2D eigenvalue weighted by Gasteiger charge is -2.44. The van der Waals surface area contributed by atoms with E-state index < -0.39 is 11.6 Å². The molecule has 0 spiro atoms. The molecule has 0 aromatic heterocycles. The predicted molar refractivity (Wildman–Crippen MR) is 100 cm³/mol. The number of likely N-dealkylation sites (N-methyl/N-ethyl adjacent to an activating group) is 1. The fourth-order valence-corrected chi connectivity index (χ4v) is 4.18. The van der Waals surface area contributed by atoms with E-state index in [1.807, 2.05) is 48.5 Å². The Hall–Kier alpha value is -1.75. The van der Waals surface area contributed by atoms with Gasteiger partial charge in [0.1, 0.15) is 17.1 Å². The van der Waals surface area contributed by atoms with Crippen LogP contribution in [0.1, 0.15) is 62.3 Å². The number of carbonyl (C=O) groups is 1. The number of nitrogens with zero attached hydrogens (tertiary/aromatic N) is 1.